The van der Waals surface area contributed by atoms with Crippen LogP contribution in [0.4, 0.5) is 0 Å². The molecule has 3 heterocycles. The predicted octanol–water partition coefficient (Wildman–Crippen LogP) is 3.94. The first-order valence-electron chi connectivity index (χ1n) is 13.2. The molecule has 0 spiro atoms. The van der Waals surface area contributed by atoms with Crippen LogP contribution in [0.2, 0.25) is 0 Å². The van der Waals surface area contributed by atoms with Crippen molar-refractivity contribution in [2.24, 2.45) is 0 Å². The van der Waals surface area contributed by atoms with Crippen LogP contribution in [-0.4, -0.2) is 66.0 Å². The summed E-state index contributed by atoms with van der Waals surface area (Å²) < 4.78 is 28.5. The van der Waals surface area contributed by atoms with Crippen LogP contribution in [0.15, 0.2) is 64.5 Å². The Bertz CT molecular complexity index is 1470. The van der Waals surface area contributed by atoms with E-state index in [0.29, 0.717) is 11.3 Å². The van der Waals surface area contributed by atoms with Crippen LogP contribution >= 0.6 is 24.0 Å². The normalized spacial score (nSPS) is 25.2. The van der Waals surface area contributed by atoms with Gasteiger partial charge in [-0.1, -0.05) is 36.4 Å². The first kappa shape index (κ1) is 31.8. The van der Waals surface area contributed by atoms with Gasteiger partial charge in [0.2, 0.25) is 0 Å². The molecule has 1 saturated heterocycles. The van der Waals surface area contributed by atoms with Crippen molar-refractivity contribution in [2.75, 3.05) is 6.61 Å². The molecular formula is C30H30N2O9S2. The summed E-state index contributed by atoms with van der Waals surface area (Å²) in [5.74, 6) is -3.30. The number of hydrogen-bond acceptors (Lipinski definition) is 13. The first-order chi connectivity index (χ1) is 20.5. The van der Waals surface area contributed by atoms with E-state index in [-0.39, 0.29) is 11.6 Å². The van der Waals surface area contributed by atoms with Gasteiger partial charge in [-0.25, -0.2) is 0 Å². The lowest BCUT2D eigenvalue weighted by Gasteiger charge is -2.49. The van der Waals surface area contributed by atoms with Gasteiger partial charge in [0, 0.05) is 38.3 Å². The fourth-order valence-electron chi connectivity index (χ4n) is 5.03. The van der Waals surface area contributed by atoms with E-state index in [2.05, 4.69) is 6.07 Å². The zero-order chi connectivity index (χ0) is 31.3. The summed E-state index contributed by atoms with van der Waals surface area (Å²) in [6.07, 6.45) is -4.67. The van der Waals surface area contributed by atoms with E-state index in [1.54, 1.807) is 4.90 Å². The van der Waals surface area contributed by atoms with E-state index in [1.165, 1.54) is 25.2 Å². The highest BCUT2D eigenvalue weighted by Gasteiger charge is 2.55. The standard InChI is InChI=1S/C30H30N2O9S2/c1-16(33)37-15-24-26(38-17(2)34)27(39-18(3)35)28(40-19(4)36)29(41-24)32-23(20-9-6-5-7-10-20)13-21(22(14-31)30(32)42)25-11-8-12-43-25/h5-13,21,24,26-29,42H,15H2,1-4H3. The lowest BCUT2D eigenvalue weighted by molar-refractivity contribution is -0.268. The molecule has 0 aliphatic carbocycles. The number of thiophene rings is 1. The fourth-order valence-corrected chi connectivity index (χ4v) is 6.25. The first-order valence-corrected chi connectivity index (χ1v) is 14.6. The third-order valence-corrected chi connectivity index (χ3v) is 8.04. The van der Waals surface area contributed by atoms with E-state index in [9.17, 15) is 24.4 Å². The number of thiol groups is 1. The van der Waals surface area contributed by atoms with Gasteiger partial charge in [0.1, 0.15) is 12.7 Å². The molecule has 6 unspecified atom stereocenters. The molecule has 4 rings (SSSR count). The Morgan fingerprint density at radius 1 is 0.907 bits per heavy atom. The molecule has 1 fully saturated rings. The molecule has 2 aromatic rings. The van der Waals surface area contributed by atoms with E-state index in [1.807, 2.05) is 53.9 Å². The van der Waals surface area contributed by atoms with E-state index in [0.717, 1.165) is 24.3 Å². The Balaban J connectivity index is 1.93. The van der Waals surface area contributed by atoms with Crippen LogP contribution in [0, 0.1) is 11.3 Å². The number of hydrogen-bond donors (Lipinski definition) is 1. The monoisotopic (exact) mass is 626 g/mol. The average molecular weight is 627 g/mol. The molecule has 1 aromatic heterocycles. The SMILES string of the molecule is CC(=O)OCC1OC(N2C(c3ccccc3)=CC(c3cccs3)C(C#N)=C2S)C(OC(C)=O)C(OC(C)=O)C1OC(C)=O. The summed E-state index contributed by atoms with van der Waals surface area (Å²) in [5.41, 5.74) is 1.57. The third kappa shape index (κ3) is 7.27. The number of nitriles is 1. The number of esters is 4. The molecule has 43 heavy (non-hydrogen) atoms. The smallest absolute Gasteiger partial charge is 0.303 e. The molecule has 2 aliphatic heterocycles. The van der Waals surface area contributed by atoms with Crippen LogP contribution in [-0.2, 0) is 42.9 Å². The second-order valence-electron chi connectivity index (χ2n) is 9.72. The maximum Gasteiger partial charge on any atom is 0.303 e. The van der Waals surface area contributed by atoms with Crippen molar-refractivity contribution in [1.82, 2.24) is 4.90 Å². The lowest BCUT2D eigenvalue weighted by atomic mass is 9.90. The number of allylic oxidation sites excluding steroid dienone is 2. The molecule has 0 bridgehead atoms. The highest BCUT2D eigenvalue weighted by atomic mass is 32.1. The summed E-state index contributed by atoms with van der Waals surface area (Å²) in [5, 5.41) is 12.4. The second-order valence-corrected chi connectivity index (χ2v) is 11.1. The Morgan fingerprint density at radius 2 is 1.53 bits per heavy atom. The molecule has 6 atom stereocenters. The Labute approximate surface area is 258 Å². The summed E-state index contributed by atoms with van der Waals surface area (Å²) >= 11 is 6.29. The molecular weight excluding hydrogens is 596 g/mol. The summed E-state index contributed by atoms with van der Waals surface area (Å²) in [7, 11) is 0. The van der Waals surface area contributed by atoms with Crippen molar-refractivity contribution in [2.45, 2.75) is 64.3 Å². The average Bonchev–Trinajstić information content (AvgIpc) is 3.49. The van der Waals surface area contributed by atoms with Gasteiger partial charge in [0.05, 0.1) is 22.6 Å². The van der Waals surface area contributed by atoms with Gasteiger partial charge in [0.15, 0.2) is 24.5 Å². The van der Waals surface area contributed by atoms with Crippen molar-refractivity contribution >= 4 is 53.5 Å². The van der Waals surface area contributed by atoms with E-state index >= 15 is 0 Å². The fraction of sp³-hybridized carbons (Fsp3) is 0.367. The van der Waals surface area contributed by atoms with Gasteiger partial charge >= 0.3 is 23.9 Å². The molecule has 2 aliphatic rings. The number of nitrogens with zero attached hydrogens (tertiary/aromatic N) is 2. The molecule has 0 amide bonds. The molecule has 13 heteroatoms. The van der Waals surface area contributed by atoms with Gasteiger partial charge in [0.25, 0.3) is 0 Å². The van der Waals surface area contributed by atoms with Crippen molar-refractivity contribution < 1.29 is 42.9 Å². The van der Waals surface area contributed by atoms with Crippen molar-refractivity contribution in [3.8, 4) is 6.07 Å². The van der Waals surface area contributed by atoms with Gasteiger partial charge in [-0.15, -0.1) is 24.0 Å². The van der Waals surface area contributed by atoms with Crippen LogP contribution in [0.1, 0.15) is 44.1 Å². The number of carbonyl (C=O) groups excluding carboxylic acids is 4. The maximum atomic E-state index is 12.4. The van der Waals surface area contributed by atoms with Crippen LogP contribution in [0.3, 0.4) is 0 Å². The van der Waals surface area contributed by atoms with Crippen molar-refractivity contribution in [3.63, 3.8) is 0 Å². The quantitative estimate of drug-likeness (QED) is 0.259. The highest BCUT2D eigenvalue weighted by molar-refractivity contribution is 7.84. The molecule has 0 saturated carbocycles. The Morgan fingerprint density at radius 3 is 2.09 bits per heavy atom. The zero-order valence-corrected chi connectivity index (χ0v) is 25.5. The minimum atomic E-state index is -1.39. The largest absolute Gasteiger partial charge is 0.463 e. The molecule has 0 radical (unpaired) electrons. The number of benzene rings is 1. The van der Waals surface area contributed by atoms with E-state index < -0.39 is 60.4 Å². The van der Waals surface area contributed by atoms with Crippen molar-refractivity contribution in [3.05, 3.63) is 75.0 Å². The summed E-state index contributed by atoms with van der Waals surface area (Å²) in [6.45, 7) is 4.29. The minimum absolute atomic E-state index is 0.197. The maximum absolute atomic E-state index is 12.4. The number of ether oxygens (including phenoxy) is 5. The van der Waals surface area contributed by atoms with Gasteiger partial charge in [-0.05, 0) is 23.1 Å². The Kier molecular flexibility index (Phi) is 10.3. The molecule has 0 N–H and O–H groups in total. The number of carbonyl (C=O) groups is 4. The van der Waals surface area contributed by atoms with Crippen molar-refractivity contribution in [1.29, 1.82) is 5.26 Å². The van der Waals surface area contributed by atoms with Crippen LogP contribution < -0.4 is 0 Å². The van der Waals surface area contributed by atoms with Crippen LogP contribution in [0.25, 0.3) is 5.70 Å². The predicted molar refractivity (Wildman–Crippen MR) is 157 cm³/mol. The summed E-state index contributed by atoms with van der Waals surface area (Å²) in [6, 6.07) is 15.3. The van der Waals surface area contributed by atoms with Gasteiger partial charge < -0.3 is 28.6 Å². The van der Waals surface area contributed by atoms with Crippen LogP contribution in [0.5, 0.6) is 0 Å². The second kappa shape index (κ2) is 13.9. The van der Waals surface area contributed by atoms with Gasteiger partial charge in [-0.3, -0.25) is 19.2 Å². The third-order valence-electron chi connectivity index (χ3n) is 6.62. The molecule has 226 valence electrons. The lowest BCUT2D eigenvalue weighted by Crippen LogP contribution is -2.65. The highest BCUT2D eigenvalue weighted by Crippen LogP contribution is 2.46. The topological polar surface area (TPSA) is 141 Å². The zero-order valence-electron chi connectivity index (χ0n) is 23.8. The van der Waals surface area contributed by atoms with E-state index in [4.69, 9.17) is 36.3 Å². The van der Waals surface area contributed by atoms with Gasteiger partial charge in [-0.2, -0.15) is 5.26 Å². The Hall–Kier alpha value is -4.12. The minimum Gasteiger partial charge on any atom is -0.463 e. The summed E-state index contributed by atoms with van der Waals surface area (Å²) in [4.78, 5) is 51.2. The molecule has 1 aromatic carbocycles. The molecule has 11 nitrogen and oxygen atoms in total. The number of rotatable bonds is 8.